The summed E-state index contributed by atoms with van der Waals surface area (Å²) in [6.07, 6.45) is 3.44. The summed E-state index contributed by atoms with van der Waals surface area (Å²) in [5, 5.41) is 4.47. The Labute approximate surface area is 261 Å². The SMILES string of the molecule is O=C(NCc1ccncc1)c1ccc(CSc2nc(-c3ccccc3)cc(N3CCN(c4ccccc4Cl)CC3)n2)cc1. The first kappa shape index (κ1) is 28.7. The maximum absolute atomic E-state index is 12.6. The molecule has 7 nitrogen and oxygen atoms in total. The van der Waals surface area contributed by atoms with Gasteiger partial charge < -0.3 is 15.1 Å². The molecular formula is C34H31ClN6OS. The number of piperazine rings is 1. The molecule has 0 spiro atoms. The van der Waals surface area contributed by atoms with Crippen molar-refractivity contribution in [1.29, 1.82) is 0 Å². The maximum Gasteiger partial charge on any atom is 0.251 e. The number of benzene rings is 3. The molecule has 0 bridgehead atoms. The molecule has 9 heteroatoms. The Morgan fingerprint density at radius 3 is 2.23 bits per heavy atom. The number of para-hydroxylation sites is 1. The molecule has 0 atom stereocenters. The Morgan fingerprint density at radius 2 is 1.49 bits per heavy atom. The largest absolute Gasteiger partial charge is 0.367 e. The van der Waals surface area contributed by atoms with E-state index in [1.165, 1.54) is 0 Å². The van der Waals surface area contributed by atoms with Crippen LogP contribution in [0.25, 0.3) is 11.3 Å². The van der Waals surface area contributed by atoms with Crippen molar-refractivity contribution >= 4 is 40.8 Å². The second-order valence-corrected chi connectivity index (χ2v) is 11.6. The van der Waals surface area contributed by atoms with Crippen molar-refractivity contribution in [3.05, 3.63) is 131 Å². The van der Waals surface area contributed by atoms with E-state index in [4.69, 9.17) is 21.6 Å². The van der Waals surface area contributed by atoms with E-state index < -0.39 is 0 Å². The molecule has 0 aliphatic carbocycles. The van der Waals surface area contributed by atoms with Crippen molar-refractivity contribution in [3.8, 4) is 11.3 Å². The van der Waals surface area contributed by atoms with Crippen LogP contribution in [0, 0.1) is 0 Å². The summed E-state index contributed by atoms with van der Waals surface area (Å²) >= 11 is 8.07. The third kappa shape index (κ3) is 7.34. The van der Waals surface area contributed by atoms with Crippen LogP contribution in [0.5, 0.6) is 0 Å². The van der Waals surface area contributed by atoms with Gasteiger partial charge in [0.05, 0.1) is 16.4 Å². The second kappa shape index (κ2) is 13.7. The zero-order valence-corrected chi connectivity index (χ0v) is 25.1. The fourth-order valence-corrected chi connectivity index (χ4v) is 6.03. The number of hydrogen-bond acceptors (Lipinski definition) is 7. The molecule has 1 fully saturated rings. The Hall–Kier alpha value is -4.40. The third-order valence-electron chi connectivity index (χ3n) is 7.34. The molecule has 0 saturated carbocycles. The lowest BCUT2D eigenvalue weighted by atomic mass is 10.1. The third-order valence-corrected chi connectivity index (χ3v) is 8.58. The Balaban J connectivity index is 1.13. The van der Waals surface area contributed by atoms with Crippen LogP contribution < -0.4 is 15.1 Å². The van der Waals surface area contributed by atoms with Gasteiger partial charge in [0, 0.05) is 68.1 Å². The van der Waals surface area contributed by atoms with Gasteiger partial charge in [-0.2, -0.15) is 0 Å². The van der Waals surface area contributed by atoms with Gasteiger partial charge >= 0.3 is 0 Å². The molecule has 2 aromatic heterocycles. The molecule has 1 aliphatic heterocycles. The summed E-state index contributed by atoms with van der Waals surface area (Å²) in [5.74, 6) is 1.52. The highest BCUT2D eigenvalue weighted by atomic mass is 35.5. The first-order chi connectivity index (χ1) is 21.1. The molecule has 0 unspecified atom stereocenters. The second-order valence-electron chi connectivity index (χ2n) is 10.2. The van der Waals surface area contributed by atoms with E-state index >= 15 is 0 Å². The number of halogens is 1. The van der Waals surface area contributed by atoms with Crippen LogP contribution in [-0.4, -0.2) is 47.0 Å². The number of pyridine rings is 1. The van der Waals surface area contributed by atoms with Crippen molar-refractivity contribution in [3.63, 3.8) is 0 Å². The van der Waals surface area contributed by atoms with Crippen molar-refractivity contribution in [1.82, 2.24) is 20.3 Å². The molecule has 3 heterocycles. The fourth-order valence-electron chi connectivity index (χ4n) is 4.97. The van der Waals surface area contributed by atoms with Gasteiger partial charge in [0.25, 0.3) is 5.91 Å². The minimum absolute atomic E-state index is 0.103. The maximum atomic E-state index is 12.6. The fraction of sp³-hybridized carbons (Fsp3) is 0.176. The topological polar surface area (TPSA) is 74.2 Å². The van der Waals surface area contributed by atoms with Gasteiger partial charge in [0.2, 0.25) is 0 Å². The Kier molecular flexibility index (Phi) is 9.16. The Bertz CT molecular complexity index is 1660. The molecule has 1 N–H and O–H groups in total. The Morgan fingerprint density at radius 1 is 0.791 bits per heavy atom. The highest BCUT2D eigenvalue weighted by molar-refractivity contribution is 7.98. The van der Waals surface area contributed by atoms with Crippen LogP contribution in [0.4, 0.5) is 11.5 Å². The average Bonchev–Trinajstić information content (AvgIpc) is 3.07. The van der Waals surface area contributed by atoms with Gasteiger partial charge in [0.1, 0.15) is 5.82 Å². The number of thioether (sulfide) groups is 1. The average molecular weight is 607 g/mol. The predicted octanol–water partition coefficient (Wildman–Crippen LogP) is 6.74. The number of nitrogens with one attached hydrogen (secondary N) is 1. The molecule has 0 radical (unpaired) electrons. The van der Waals surface area contributed by atoms with Crippen LogP contribution in [-0.2, 0) is 12.3 Å². The van der Waals surface area contributed by atoms with E-state index in [0.29, 0.717) is 17.9 Å². The van der Waals surface area contributed by atoms with E-state index in [9.17, 15) is 4.79 Å². The number of carbonyl (C=O) groups excluding carboxylic acids is 1. The monoisotopic (exact) mass is 606 g/mol. The number of rotatable bonds is 9. The van der Waals surface area contributed by atoms with E-state index in [1.54, 1.807) is 24.2 Å². The van der Waals surface area contributed by atoms with Gasteiger partial charge in [-0.05, 0) is 47.5 Å². The lowest BCUT2D eigenvalue weighted by Gasteiger charge is -2.37. The molecule has 1 amide bonds. The van der Waals surface area contributed by atoms with Crippen LogP contribution in [0.15, 0.2) is 115 Å². The molecule has 3 aromatic carbocycles. The standard InChI is InChI=1S/C34H31ClN6OS/c35-29-8-4-5-9-31(29)40-18-20-41(21-19-40)32-22-30(27-6-2-1-3-7-27)38-34(39-32)43-24-26-10-12-28(13-11-26)33(42)37-23-25-14-16-36-17-15-25/h1-17,22H,18-21,23-24H2,(H,37,42). The zero-order valence-electron chi connectivity index (χ0n) is 23.6. The highest BCUT2D eigenvalue weighted by Crippen LogP contribution is 2.30. The van der Waals surface area contributed by atoms with Gasteiger partial charge in [-0.3, -0.25) is 9.78 Å². The van der Waals surface area contributed by atoms with Crippen molar-refractivity contribution in [2.75, 3.05) is 36.0 Å². The molecule has 1 aliphatic rings. The highest BCUT2D eigenvalue weighted by Gasteiger charge is 2.21. The van der Waals surface area contributed by atoms with Crippen LogP contribution in [0.2, 0.25) is 5.02 Å². The number of nitrogens with zero attached hydrogens (tertiary/aromatic N) is 5. The number of amides is 1. The van der Waals surface area contributed by atoms with Gasteiger partial charge in [0.15, 0.2) is 5.16 Å². The summed E-state index contributed by atoms with van der Waals surface area (Å²) in [4.78, 5) is 31.2. The smallest absolute Gasteiger partial charge is 0.251 e. The van der Waals surface area contributed by atoms with E-state index in [1.807, 2.05) is 72.8 Å². The van der Waals surface area contributed by atoms with Crippen LogP contribution >= 0.6 is 23.4 Å². The van der Waals surface area contributed by atoms with Crippen LogP contribution in [0.1, 0.15) is 21.5 Å². The lowest BCUT2D eigenvalue weighted by Crippen LogP contribution is -2.47. The summed E-state index contributed by atoms with van der Waals surface area (Å²) < 4.78 is 0. The van der Waals surface area contributed by atoms with E-state index in [0.717, 1.165) is 70.2 Å². The predicted molar refractivity (Wildman–Crippen MR) is 175 cm³/mol. The van der Waals surface area contributed by atoms with E-state index in [2.05, 4.69) is 44.4 Å². The summed E-state index contributed by atoms with van der Waals surface area (Å²) in [6.45, 7) is 3.86. The first-order valence-electron chi connectivity index (χ1n) is 14.2. The normalized spacial score (nSPS) is 13.1. The number of aromatic nitrogens is 3. The van der Waals surface area contributed by atoms with Gasteiger partial charge in [-0.15, -0.1) is 0 Å². The van der Waals surface area contributed by atoms with Crippen molar-refractivity contribution in [2.24, 2.45) is 0 Å². The zero-order chi connectivity index (χ0) is 29.4. The number of anilines is 2. The van der Waals surface area contributed by atoms with Gasteiger partial charge in [-0.25, -0.2) is 9.97 Å². The minimum Gasteiger partial charge on any atom is -0.367 e. The van der Waals surface area contributed by atoms with Crippen LogP contribution in [0.3, 0.4) is 0 Å². The lowest BCUT2D eigenvalue weighted by molar-refractivity contribution is 0.0951. The molecule has 1 saturated heterocycles. The molecule has 6 rings (SSSR count). The summed E-state index contributed by atoms with van der Waals surface area (Å²) in [7, 11) is 0. The number of carbonyl (C=O) groups is 1. The number of hydrogen-bond donors (Lipinski definition) is 1. The molecular weight excluding hydrogens is 576 g/mol. The van der Waals surface area contributed by atoms with Crippen molar-refractivity contribution in [2.45, 2.75) is 17.5 Å². The quantitative estimate of drug-likeness (QED) is 0.147. The van der Waals surface area contributed by atoms with Gasteiger partial charge in [-0.1, -0.05) is 78.0 Å². The first-order valence-corrected chi connectivity index (χ1v) is 15.6. The summed E-state index contributed by atoms with van der Waals surface area (Å²) in [5.41, 5.74) is 5.77. The van der Waals surface area contributed by atoms with E-state index in [-0.39, 0.29) is 5.91 Å². The minimum atomic E-state index is -0.103. The van der Waals surface area contributed by atoms with Crippen molar-refractivity contribution < 1.29 is 4.79 Å². The molecule has 5 aromatic rings. The summed E-state index contributed by atoms with van der Waals surface area (Å²) in [6, 6.07) is 31.8. The molecule has 216 valence electrons. The molecule has 43 heavy (non-hydrogen) atoms.